The van der Waals surface area contributed by atoms with Crippen molar-refractivity contribution in [2.75, 3.05) is 12.3 Å². The van der Waals surface area contributed by atoms with Gasteiger partial charge in [0.2, 0.25) is 5.91 Å². The average molecular weight is 304 g/mol. The van der Waals surface area contributed by atoms with E-state index < -0.39 is 0 Å². The van der Waals surface area contributed by atoms with Crippen LogP contribution in [-0.2, 0) is 4.79 Å². The van der Waals surface area contributed by atoms with E-state index >= 15 is 0 Å². The van der Waals surface area contributed by atoms with Gasteiger partial charge in [0.15, 0.2) is 10.8 Å². The minimum absolute atomic E-state index is 0.0817. The van der Waals surface area contributed by atoms with E-state index in [1.807, 2.05) is 28.8 Å². The molecular formula is C15H20N4OS. The second kappa shape index (κ2) is 6.93. The van der Waals surface area contributed by atoms with Crippen molar-refractivity contribution < 1.29 is 4.79 Å². The van der Waals surface area contributed by atoms with Gasteiger partial charge in [-0.05, 0) is 30.9 Å². The number of hydrogen-bond acceptors (Lipinski definition) is 4. The van der Waals surface area contributed by atoms with Crippen LogP contribution in [0.5, 0.6) is 0 Å². The fourth-order valence-electron chi connectivity index (χ4n) is 2.75. The molecule has 1 saturated carbocycles. The van der Waals surface area contributed by atoms with E-state index in [0.29, 0.717) is 11.7 Å². The van der Waals surface area contributed by atoms with Crippen molar-refractivity contribution in [2.45, 2.75) is 37.3 Å². The number of thioether (sulfide) groups is 1. The van der Waals surface area contributed by atoms with E-state index in [9.17, 15) is 4.79 Å². The molecule has 0 aromatic carbocycles. The first-order chi connectivity index (χ1) is 10.3. The van der Waals surface area contributed by atoms with Crippen molar-refractivity contribution in [1.82, 2.24) is 19.9 Å². The van der Waals surface area contributed by atoms with E-state index in [0.717, 1.165) is 17.3 Å². The maximum Gasteiger partial charge on any atom is 0.230 e. The van der Waals surface area contributed by atoms with Crippen molar-refractivity contribution in [3.05, 3.63) is 24.4 Å². The Morgan fingerprint density at radius 1 is 1.29 bits per heavy atom. The third kappa shape index (κ3) is 3.75. The normalized spacial score (nSPS) is 16.2. The second-order valence-corrected chi connectivity index (χ2v) is 6.45. The molecule has 21 heavy (non-hydrogen) atoms. The lowest BCUT2D eigenvalue weighted by Gasteiger charge is -2.21. The molecule has 1 aliphatic rings. The first kappa shape index (κ1) is 14.4. The Bertz CT molecular complexity index is 606. The van der Waals surface area contributed by atoms with Gasteiger partial charge < -0.3 is 5.32 Å². The Kier molecular flexibility index (Phi) is 4.75. The highest BCUT2D eigenvalue weighted by atomic mass is 32.2. The number of pyridine rings is 1. The molecule has 0 aliphatic heterocycles. The van der Waals surface area contributed by atoms with Crippen LogP contribution in [0.4, 0.5) is 0 Å². The Labute approximate surface area is 128 Å². The number of nitrogens with one attached hydrogen (secondary N) is 1. The van der Waals surface area contributed by atoms with Gasteiger partial charge in [-0.25, -0.2) is 0 Å². The van der Waals surface area contributed by atoms with E-state index in [2.05, 4.69) is 15.5 Å². The molecule has 0 radical (unpaired) electrons. The van der Waals surface area contributed by atoms with Crippen molar-refractivity contribution in [2.24, 2.45) is 5.92 Å². The highest BCUT2D eigenvalue weighted by molar-refractivity contribution is 7.99. The SMILES string of the molecule is O=C(CSc1nnc2ccccn12)NCC1CCCCC1. The van der Waals surface area contributed by atoms with Gasteiger partial charge in [-0.15, -0.1) is 10.2 Å². The zero-order valence-corrected chi connectivity index (χ0v) is 12.8. The molecule has 0 atom stereocenters. The molecule has 1 N–H and O–H groups in total. The lowest BCUT2D eigenvalue weighted by Crippen LogP contribution is -2.31. The Morgan fingerprint density at radius 2 is 2.14 bits per heavy atom. The molecule has 2 aromatic rings. The van der Waals surface area contributed by atoms with Crippen LogP contribution in [0.2, 0.25) is 0 Å². The number of amides is 1. The summed E-state index contributed by atoms with van der Waals surface area (Å²) in [6, 6.07) is 5.76. The van der Waals surface area contributed by atoms with E-state index in [-0.39, 0.29) is 5.91 Å². The number of rotatable bonds is 5. The maximum atomic E-state index is 11.9. The average Bonchev–Trinajstić information content (AvgIpc) is 2.95. The fraction of sp³-hybridized carbons (Fsp3) is 0.533. The Hall–Kier alpha value is -1.56. The van der Waals surface area contributed by atoms with Gasteiger partial charge in [-0.3, -0.25) is 9.20 Å². The monoisotopic (exact) mass is 304 g/mol. The molecular weight excluding hydrogens is 284 g/mol. The minimum atomic E-state index is 0.0817. The Morgan fingerprint density at radius 3 is 3.00 bits per heavy atom. The van der Waals surface area contributed by atoms with Crippen LogP contribution in [0.15, 0.2) is 29.6 Å². The lowest BCUT2D eigenvalue weighted by molar-refractivity contribution is -0.118. The number of hydrogen-bond donors (Lipinski definition) is 1. The quantitative estimate of drug-likeness (QED) is 0.862. The van der Waals surface area contributed by atoms with Crippen molar-refractivity contribution in [1.29, 1.82) is 0 Å². The van der Waals surface area contributed by atoms with Gasteiger partial charge >= 0.3 is 0 Å². The third-order valence-electron chi connectivity index (χ3n) is 3.93. The van der Waals surface area contributed by atoms with E-state index in [1.54, 1.807) is 0 Å². The second-order valence-electron chi connectivity index (χ2n) is 5.51. The maximum absolute atomic E-state index is 11.9. The van der Waals surface area contributed by atoms with E-state index in [1.165, 1.54) is 43.9 Å². The molecule has 0 bridgehead atoms. The predicted octanol–water partition coefficient (Wildman–Crippen LogP) is 2.52. The summed E-state index contributed by atoms with van der Waals surface area (Å²) in [5, 5.41) is 12.0. The summed E-state index contributed by atoms with van der Waals surface area (Å²) >= 11 is 1.43. The number of fused-ring (bicyclic) bond motifs is 1. The molecule has 5 nitrogen and oxygen atoms in total. The standard InChI is InChI=1S/C15H20N4OS/c20-14(16-10-12-6-2-1-3-7-12)11-21-15-18-17-13-8-4-5-9-19(13)15/h4-5,8-9,12H,1-3,6-7,10-11H2,(H,16,20). The fourth-order valence-corrected chi connectivity index (χ4v) is 3.50. The van der Waals surface area contributed by atoms with E-state index in [4.69, 9.17) is 0 Å². The number of carbonyl (C=O) groups excluding carboxylic acids is 1. The Balaban J connectivity index is 1.47. The van der Waals surface area contributed by atoms with Crippen LogP contribution < -0.4 is 5.32 Å². The third-order valence-corrected chi connectivity index (χ3v) is 4.87. The highest BCUT2D eigenvalue weighted by Gasteiger charge is 2.14. The van der Waals surface area contributed by atoms with Gasteiger partial charge in [-0.1, -0.05) is 37.1 Å². The molecule has 112 valence electrons. The minimum Gasteiger partial charge on any atom is -0.355 e. The summed E-state index contributed by atoms with van der Waals surface area (Å²) in [5.74, 6) is 1.14. The summed E-state index contributed by atoms with van der Waals surface area (Å²) in [6.45, 7) is 0.819. The summed E-state index contributed by atoms with van der Waals surface area (Å²) in [4.78, 5) is 11.9. The molecule has 3 rings (SSSR count). The summed E-state index contributed by atoms with van der Waals surface area (Å²) < 4.78 is 1.90. The smallest absolute Gasteiger partial charge is 0.230 e. The van der Waals surface area contributed by atoms with Crippen molar-refractivity contribution >= 4 is 23.3 Å². The van der Waals surface area contributed by atoms with Crippen LogP contribution in [0.3, 0.4) is 0 Å². The lowest BCUT2D eigenvalue weighted by atomic mass is 9.89. The number of aromatic nitrogens is 3. The van der Waals surface area contributed by atoms with Gasteiger partial charge in [0.05, 0.1) is 5.75 Å². The topological polar surface area (TPSA) is 59.3 Å². The predicted molar refractivity (Wildman–Crippen MR) is 83.3 cm³/mol. The van der Waals surface area contributed by atoms with Gasteiger partial charge in [0.1, 0.15) is 0 Å². The van der Waals surface area contributed by atoms with Crippen molar-refractivity contribution in [3.63, 3.8) is 0 Å². The molecule has 6 heteroatoms. The van der Waals surface area contributed by atoms with Gasteiger partial charge in [0.25, 0.3) is 0 Å². The summed E-state index contributed by atoms with van der Waals surface area (Å²) in [6.07, 6.45) is 8.38. The van der Waals surface area contributed by atoms with Crippen LogP contribution >= 0.6 is 11.8 Å². The van der Waals surface area contributed by atoms with Gasteiger partial charge in [-0.2, -0.15) is 0 Å². The molecule has 0 saturated heterocycles. The summed E-state index contributed by atoms with van der Waals surface area (Å²) in [5.41, 5.74) is 0.808. The zero-order chi connectivity index (χ0) is 14.5. The van der Waals surface area contributed by atoms with Crippen LogP contribution in [0.25, 0.3) is 5.65 Å². The van der Waals surface area contributed by atoms with Gasteiger partial charge in [0, 0.05) is 12.7 Å². The molecule has 0 unspecified atom stereocenters. The molecule has 2 aromatic heterocycles. The van der Waals surface area contributed by atoms with Crippen LogP contribution in [-0.4, -0.2) is 32.8 Å². The molecule has 1 amide bonds. The molecule has 1 fully saturated rings. The van der Waals surface area contributed by atoms with Crippen LogP contribution in [0, 0.1) is 5.92 Å². The summed E-state index contributed by atoms with van der Waals surface area (Å²) in [7, 11) is 0. The molecule has 1 aliphatic carbocycles. The first-order valence-electron chi connectivity index (χ1n) is 7.52. The molecule has 2 heterocycles. The zero-order valence-electron chi connectivity index (χ0n) is 12.0. The first-order valence-corrected chi connectivity index (χ1v) is 8.51. The highest BCUT2D eigenvalue weighted by Crippen LogP contribution is 2.23. The number of nitrogens with zero attached hydrogens (tertiary/aromatic N) is 3. The largest absolute Gasteiger partial charge is 0.355 e. The van der Waals surface area contributed by atoms with Crippen molar-refractivity contribution in [3.8, 4) is 0 Å². The van der Waals surface area contributed by atoms with Crippen LogP contribution in [0.1, 0.15) is 32.1 Å². The number of carbonyl (C=O) groups is 1. The molecule has 0 spiro atoms.